The second kappa shape index (κ2) is 10.8. The first-order valence-corrected chi connectivity index (χ1v) is 10.6. The summed E-state index contributed by atoms with van der Waals surface area (Å²) in [5, 5.41) is 11.8. The normalized spacial score (nSPS) is 22.6. The van der Waals surface area contributed by atoms with E-state index in [1.807, 2.05) is 0 Å². The summed E-state index contributed by atoms with van der Waals surface area (Å²) in [5.41, 5.74) is 1.42. The van der Waals surface area contributed by atoms with Gasteiger partial charge in [0.15, 0.2) is 0 Å². The Labute approximate surface area is 163 Å². The molecule has 3 rings (SSSR count). The fourth-order valence-electron chi connectivity index (χ4n) is 4.43. The van der Waals surface area contributed by atoms with Crippen molar-refractivity contribution in [3.8, 4) is 0 Å². The fourth-order valence-corrected chi connectivity index (χ4v) is 4.43. The first kappa shape index (κ1) is 20.3. The molecule has 2 saturated heterocycles. The number of nitrogens with one attached hydrogen (secondary N) is 1. The molecular formula is C22H35N3O2. The minimum atomic E-state index is 0.119. The van der Waals surface area contributed by atoms with Gasteiger partial charge in [-0.25, -0.2) is 0 Å². The number of rotatable bonds is 8. The third-order valence-electron chi connectivity index (χ3n) is 6.09. The van der Waals surface area contributed by atoms with Crippen molar-refractivity contribution in [2.24, 2.45) is 5.92 Å². The Hall–Kier alpha value is -1.43. The summed E-state index contributed by atoms with van der Waals surface area (Å²) < 4.78 is 0. The molecule has 0 aliphatic carbocycles. The minimum absolute atomic E-state index is 0.119. The first-order chi connectivity index (χ1) is 13.3. The van der Waals surface area contributed by atoms with Crippen LogP contribution < -0.4 is 5.32 Å². The van der Waals surface area contributed by atoms with Gasteiger partial charge in [0.05, 0.1) is 5.92 Å². The summed E-state index contributed by atoms with van der Waals surface area (Å²) in [6.07, 6.45) is 6.32. The summed E-state index contributed by atoms with van der Waals surface area (Å²) in [7, 11) is 0. The van der Waals surface area contributed by atoms with Gasteiger partial charge in [0, 0.05) is 32.3 Å². The summed E-state index contributed by atoms with van der Waals surface area (Å²) in [4.78, 5) is 17.5. The van der Waals surface area contributed by atoms with E-state index in [1.165, 1.54) is 31.5 Å². The van der Waals surface area contributed by atoms with Crippen molar-refractivity contribution in [2.75, 3.05) is 45.9 Å². The minimum Gasteiger partial charge on any atom is -0.396 e. The molecule has 1 atom stereocenters. The maximum absolute atomic E-state index is 12.3. The van der Waals surface area contributed by atoms with Crippen LogP contribution in [0.4, 0.5) is 0 Å². The van der Waals surface area contributed by atoms with Crippen LogP contribution in [0.1, 0.15) is 37.7 Å². The molecule has 5 heteroatoms. The van der Waals surface area contributed by atoms with E-state index in [0.717, 1.165) is 38.9 Å². The number of benzene rings is 1. The average Bonchev–Trinajstić information content (AvgIpc) is 2.73. The summed E-state index contributed by atoms with van der Waals surface area (Å²) in [6, 6.07) is 11.4. The Balaban J connectivity index is 1.39. The quantitative estimate of drug-likeness (QED) is 0.684. The van der Waals surface area contributed by atoms with Crippen LogP contribution in [0.2, 0.25) is 0 Å². The van der Waals surface area contributed by atoms with E-state index in [4.69, 9.17) is 5.11 Å². The zero-order valence-corrected chi connectivity index (χ0v) is 16.5. The van der Waals surface area contributed by atoms with Crippen LogP contribution in [-0.2, 0) is 11.2 Å². The standard InChI is InChI=1S/C22H35N3O2/c26-17-5-12-23-22(27)20-8-4-13-25(18-20)21-10-15-24(16-11-21)14-9-19-6-2-1-3-7-19/h1-3,6-7,20-21,26H,4-5,8-18H2,(H,23,27). The lowest BCUT2D eigenvalue weighted by molar-refractivity contribution is -0.127. The van der Waals surface area contributed by atoms with Gasteiger partial charge in [-0.2, -0.15) is 0 Å². The van der Waals surface area contributed by atoms with Gasteiger partial charge in [0.2, 0.25) is 5.91 Å². The van der Waals surface area contributed by atoms with Crippen LogP contribution in [0.15, 0.2) is 30.3 Å². The SMILES string of the molecule is O=C(NCCCO)C1CCCN(C2CCN(CCc3ccccc3)CC2)C1. The Kier molecular flexibility index (Phi) is 8.11. The van der Waals surface area contributed by atoms with Crippen molar-refractivity contribution < 1.29 is 9.90 Å². The molecule has 2 aliphatic rings. The van der Waals surface area contributed by atoms with Crippen molar-refractivity contribution in [2.45, 2.75) is 44.6 Å². The lowest BCUT2D eigenvalue weighted by atomic mass is 9.93. The van der Waals surface area contributed by atoms with Crippen LogP contribution in [0, 0.1) is 5.92 Å². The highest BCUT2D eigenvalue weighted by Gasteiger charge is 2.31. The van der Waals surface area contributed by atoms with Gasteiger partial charge in [-0.3, -0.25) is 9.69 Å². The molecule has 2 fully saturated rings. The third kappa shape index (κ3) is 6.30. The molecule has 0 saturated carbocycles. The Bertz CT molecular complexity index is 558. The van der Waals surface area contributed by atoms with Crippen LogP contribution in [-0.4, -0.2) is 72.7 Å². The van der Waals surface area contributed by atoms with Gasteiger partial charge in [0.25, 0.3) is 0 Å². The van der Waals surface area contributed by atoms with E-state index in [2.05, 4.69) is 45.4 Å². The van der Waals surface area contributed by atoms with E-state index in [9.17, 15) is 4.79 Å². The topological polar surface area (TPSA) is 55.8 Å². The molecule has 27 heavy (non-hydrogen) atoms. The number of likely N-dealkylation sites (tertiary alicyclic amines) is 2. The highest BCUT2D eigenvalue weighted by Crippen LogP contribution is 2.24. The smallest absolute Gasteiger partial charge is 0.224 e. The molecule has 150 valence electrons. The van der Waals surface area contributed by atoms with Crippen LogP contribution in [0.25, 0.3) is 0 Å². The van der Waals surface area contributed by atoms with Crippen molar-refractivity contribution in [3.63, 3.8) is 0 Å². The van der Waals surface area contributed by atoms with Crippen LogP contribution in [0.5, 0.6) is 0 Å². The number of aliphatic hydroxyl groups is 1. The predicted molar refractivity (Wildman–Crippen MR) is 109 cm³/mol. The van der Waals surface area contributed by atoms with E-state index in [0.29, 0.717) is 19.0 Å². The first-order valence-electron chi connectivity index (χ1n) is 10.6. The molecule has 5 nitrogen and oxygen atoms in total. The van der Waals surface area contributed by atoms with Crippen molar-refractivity contribution >= 4 is 5.91 Å². The second-order valence-electron chi connectivity index (χ2n) is 8.01. The monoisotopic (exact) mass is 373 g/mol. The molecule has 1 amide bonds. The van der Waals surface area contributed by atoms with Crippen molar-refractivity contribution in [1.82, 2.24) is 15.1 Å². The number of piperidine rings is 2. The van der Waals surface area contributed by atoms with Crippen molar-refractivity contribution in [3.05, 3.63) is 35.9 Å². The number of aliphatic hydroxyl groups excluding tert-OH is 1. The average molecular weight is 374 g/mol. The largest absolute Gasteiger partial charge is 0.396 e. The summed E-state index contributed by atoms with van der Waals surface area (Å²) >= 11 is 0. The predicted octanol–water partition coefficient (Wildman–Crippen LogP) is 1.90. The molecule has 2 N–H and O–H groups in total. The molecule has 2 heterocycles. The summed E-state index contributed by atoms with van der Waals surface area (Å²) in [5.74, 6) is 0.294. The lowest BCUT2D eigenvalue weighted by Gasteiger charge is -2.42. The number of hydrogen-bond donors (Lipinski definition) is 2. The van der Waals surface area contributed by atoms with E-state index >= 15 is 0 Å². The van der Waals surface area contributed by atoms with Crippen LogP contribution >= 0.6 is 0 Å². The molecule has 1 unspecified atom stereocenters. The maximum Gasteiger partial charge on any atom is 0.224 e. The van der Waals surface area contributed by atoms with Gasteiger partial charge < -0.3 is 15.3 Å². The maximum atomic E-state index is 12.3. The number of carbonyl (C=O) groups excluding carboxylic acids is 1. The Morgan fingerprint density at radius 3 is 2.63 bits per heavy atom. The molecule has 0 radical (unpaired) electrons. The Morgan fingerprint density at radius 1 is 1.11 bits per heavy atom. The molecule has 2 aliphatic heterocycles. The number of carbonyl (C=O) groups is 1. The van der Waals surface area contributed by atoms with E-state index < -0.39 is 0 Å². The molecule has 1 aromatic carbocycles. The van der Waals surface area contributed by atoms with E-state index in [-0.39, 0.29) is 18.4 Å². The van der Waals surface area contributed by atoms with Gasteiger partial charge in [-0.05, 0) is 63.7 Å². The zero-order valence-electron chi connectivity index (χ0n) is 16.5. The number of nitrogens with zero attached hydrogens (tertiary/aromatic N) is 2. The zero-order chi connectivity index (χ0) is 18.9. The third-order valence-corrected chi connectivity index (χ3v) is 6.09. The second-order valence-corrected chi connectivity index (χ2v) is 8.01. The summed E-state index contributed by atoms with van der Waals surface area (Å²) in [6.45, 7) is 6.25. The van der Waals surface area contributed by atoms with Gasteiger partial charge in [-0.15, -0.1) is 0 Å². The number of amides is 1. The fraction of sp³-hybridized carbons (Fsp3) is 0.682. The van der Waals surface area contributed by atoms with Crippen molar-refractivity contribution in [1.29, 1.82) is 0 Å². The molecular weight excluding hydrogens is 338 g/mol. The molecule has 0 spiro atoms. The highest BCUT2D eigenvalue weighted by molar-refractivity contribution is 5.78. The number of hydrogen-bond acceptors (Lipinski definition) is 4. The molecule has 0 aromatic heterocycles. The van der Waals surface area contributed by atoms with Gasteiger partial charge in [0.1, 0.15) is 0 Å². The molecule has 1 aromatic rings. The Morgan fingerprint density at radius 2 is 1.89 bits per heavy atom. The van der Waals surface area contributed by atoms with Gasteiger partial charge >= 0.3 is 0 Å². The highest BCUT2D eigenvalue weighted by atomic mass is 16.3. The van der Waals surface area contributed by atoms with Gasteiger partial charge in [-0.1, -0.05) is 30.3 Å². The van der Waals surface area contributed by atoms with Crippen LogP contribution in [0.3, 0.4) is 0 Å². The lowest BCUT2D eigenvalue weighted by Crippen LogP contribution is -2.51. The van der Waals surface area contributed by atoms with E-state index in [1.54, 1.807) is 0 Å². The molecule has 0 bridgehead atoms.